The number of aromatic nitrogens is 3. The maximum absolute atomic E-state index is 12.9. The second kappa shape index (κ2) is 7.88. The molecule has 0 unspecified atom stereocenters. The van der Waals surface area contributed by atoms with Gasteiger partial charge in [0.1, 0.15) is 5.69 Å². The minimum absolute atomic E-state index is 0.177. The lowest BCUT2D eigenvalue weighted by Crippen LogP contribution is -2.23. The van der Waals surface area contributed by atoms with E-state index >= 15 is 0 Å². The molecule has 0 radical (unpaired) electrons. The molecule has 2 aromatic carbocycles. The van der Waals surface area contributed by atoms with Crippen LogP contribution in [0, 0.1) is 6.92 Å². The van der Waals surface area contributed by atoms with Crippen molar-refractivity contribution < 1.29 is 4.79 Å². The average Bonchev–Trinajstić information content (AvgIpc) is 3.19. The highest BCUT2D eigenvalue weighted by Crippen LogP contribution is 2.23. The number of carbonyl (C=O) groups excluding carboxylic acids is 1. The molecule has 0 saturated heterocycles. The zero-order valence-electron chi connectivity index (χ0n) is 15.5. The third-order valence-corrected chi connectivity index (χ3v) is 4.40. The average molecular weight is 368 g/mol. The van der Waals surface area contributed by atoms with E-state index in [1.807, 2.05) is 85.8 Å². The first-order valence-corrected chi connectivity index (χ1v) is 9.12. The Balaban J connectivity index is 1.66. The van der Waals surface area contributed by atoms with E-state index in [4.69, 9.17) is 0 Å². The van der Waals surface area contributed by atoms with Crippen molar-refractivity contribution in [2.75, 3.05) is 0 Å². The van der Waals surface area contributed by atoms with Gasteiger partial charge in [0.05, 0.1) is 23.5 Å². The maximum Gasteiger partial charge on any atom is 0.255 e. The first kappa shape index (κ1) is 17.7. The zero-order valence-corrected chi connectivity index (χ0v) is 15.5. The summed E-state index contributed by atoms with van der Waals surface area (Å²) in [6.45, 7) is 2.30. The summed E-state index contributed by atoms with van der Waals surface area (Å²) >= 11 is 0. The van der Waals surface area contributed by atoms with E-state index in [1.165, 1.54) is 0 Å². The van der Waals surface area contributed by atoms with Crippen LogP contribution in [0.15, 0.2) is 85.1 Å². The molecule has 0 aliphatic rings. The van der Waals surface area contributed by atoms with Crippen molar-refractivity contribution in [1.29, 1.82) is 0 Å². The van der Waals surface area contributed by atoms with Crippen LogP contribution in [0.2, 0.25) is 0 Å². The molecule has 0 bridgehead atoms. The summed E-state index contributed by atoms with van der Waals surface area (Å²) in [6.07, 6.45) is 1.77. The van der Waals surface area contributed by atoms with Gasteiger partial charge < -0.3 is 5.32 Å². The van der Waals surface area contributed by atoms with Crippen LogP contribution < -0.4 is 5.32 Å². The van der Waals surface area contributed by atoms with E-state index in [1.54, 1.807) is 10.9 Å². The molecule has 1 amide bonds. The number of nitrogens with zero attached hydrogens (tertiary/aromatic N) is 3. The van der Waals surface area contributed by atoms with Gasteiger partial charge in [0, 0.05) is 17.5 Å². The standard InChI is InChI=1S/C23H20N4O/c1-17-9-8-12-19(25-17)15-24-23(28)21-16-27(20-13-6-3-7-14-20)26-22(21)18-10-4-2-5-11-18/h2-14,16H,15H2,1H3,(H,24,28). The van der Waals surface area contributed by atoms with Crippen molar-refractivity contribution in [3.63, 3.8) is 0 Å². The quantitative estimate of drug-likeness (QED) is 0.575. The Hall–Kier alpha value is -3.73. The van der Waals surface area contributed by atoms with Gasteiger partial charge in [-0.05, 0) is 31.2 Å². The van der Waals surface area contributed by atoms with E-state index in [-0.39, 0.29) is 5.91 Å². The monoisotopic (exact) mass is 368 g/mol. The van der Waals surface area contributed by atoms with Gasteiger partial charge in [0.2, 0.25) is 0 Å². The summed E-state index contributed by atoms with van der Waals surface area (Å²) in [5, 5.41) is 7.64. The molecule has 4 rings (SSSR count). The Morgan fingerprint density at radius 1 is 0.929 bits per heavy atom. The Morgan fingerprint density at radius 3 is 2.36 bits per heavy atom. The number of aryl methyl sites for hydroxylation is 1. The van der Waals surface area contributed by atoms with Crippen LogP contribution in [0.4, 0.5) is 0 Å². The second-order valence-electron chi connectivity index (χ2n) is 6.49. The summed E-state index contributed by atoms with van der Waals surface area (Å²) in [4.78, 5) is 17.4. The topological polar surface area (TPSA) is 59.8 Å². The normalized spacial score (nSPS) is 10.6. The number of para-hydroxylation sites is 1. The lowest BCUT2D eigenvalue weighted by atomic mass is 10.1. The van der Waals surface area contributed by atoms with Crippen molar-refractivity contribution in [3.05, 3.63) is 102 Å². The van der Waals surface area contributed by atoms with Crippen LogP contribution in [0.5, 0.6) is 0 Å². The van der Waals surface area contributed by atoms with Gasteiger partial charge in [-0.15, -0.1) is 0 Å². The highest BCUT2D eigenvalue weighted by Gasteiger charge is 2.18. The number of amides is 1. The number of nitrogens with one attached hydrogen (secondary N) is 1. The third-order valence-electron chi connectivity index (χ3n) is 4.40. The molecule has 5 heteroatoms. The fourth-order valence-corrected chi connectivity index (χ4v) is 3.03. The van der Waals surface area contributed by atoms with Gasteiger partial charge >= 0.3 is 0 Å². The first-order valence-electron chi connectivity index (χ1n) is 9.12. The Labute approximate surface area is 163 Å². The van der Waals surface area contributed by atoms with Gasteiger partial charge in [0.25, 0.3) is 5.91 Å². The molecule has 0 atom stereocenters. The minimum Gasteiger partial charge on any atom is -0.346 e. The lowest BCUT2D eigenvalue weighted by Gasteiger charge is -2.06. The van der Waals surface area contributed by atoms with E-state index in [9.17, 15) is 4.79 Å². The number of hydrogen-bond acceptors (Lipinski definition) is 3. The molecule has 5 nitrogen and oxygen atoms in total. The molecule has 0 aliphatic carbocycles. The second-order valence-corrected chi connectivity index (χ2v) is 6.49. The van der Waals surface area contributed by atoms with E-state index in [2.05, 4.69) is 15.4 Å². The number of pyridine rings is 1. The van der Waals surface area contributed by atoms with Crippen LogP contribution in [0.25, 0.3) is 16.9 Å². The maximum atomic E-state index is 12.9. The SMILES string of the molecule is Cc1cccc(CNC(=O)c2cn(-c3ccccc3)nc2-c2ccccc2)n1. The van der Waals surface area contributed by atoms with Crippen LogP contribution in [-0.4, -0.2) is 20.7 Å². The number of carbonyl (C=O) groups is 1. The van der Waals surface area contributed by atoms with Gasteiger partial charge in [0.15, 0.2) is 0 Å². The van der Waals surface area contributed by atoms with E-state index in [0.717, 1.165) is 22.6 Å². The molecule has 0 spiro atoms. The molecule has 2 aromatic heterocycles. The number of benzene rings is 2. The predicted octanol–water partition coefficient (Wildman–Crippen LogP) is 4.17. The molecule has 28 heavy (non-hydrogen) atoms. The van der Waals surface area contributed by atoms with Gasteiger partial charge in [-0.2, -0.15) is 5.10 Å². The van der Waals surface area contributed by atoms with Crippen molar-refractivity contribution in [2.24, 2.45) is 0 Å². The highest BCUT2D eigenvalue weighted by atomic mass is 16.1. The zero-order chi connectivity index (χ0) is 19.3. The Kier molecular flexibility index (Phi) is 4.97. The highest BCUT2D eigenvalue weighted by molar-refractivity contribution is 5.99. The molecule has 4 aromatic rings. The molecule has 0 fully saturated rings. The van der Waals surface area contributed by atoms with Crippen molar-refractivity contribution in [3.8, 4) is 16.9 Å². The van der Waals surface area contributed by atoms with Crippen LogP contribution in [0.3, 0.4) is 0 Å². The smallest absolute Gasteiger partial charge is 0.255 e. The minimum atomic E-state index is -0.177. The van der Waals surface area contributed by atoms with Gasteiger partial charge in [-0.1, -0.05) is 54.6 Å². The van der Waals surface area contributed by atoms with Crippen LogP contribution in [0.1, 0.15) is 21.7 Å². The summed E-state index contributed by atoms with van der Waals surface area (Å²) in [6, 6.07) is 25.3. The molecule has 0 saturated carbocycles. The molecule has 2 heterocycles. The summed E-state index contributed by atoms with van der Waals surface area (Å²) in [7, 11) is 0. The molecular formula is C23H20N4O. The Morgan fingerprint density at radius 2 is 1.64 bits per heavy atom. The van der Waals surface area contributed by atoms with Gasteiger partial charge in [-0.3, -0.25) is 9.78 Å². The third kappa shape index (κ3) is 3.83. The molecule has 138 valence electrons. The molecule has 0 aliphatic heterocycles. The Bertz CT molecular complexity index is 1090. The number of rotatable bonds is 5. The largest absolute Gasteiger partial charge is 0.346 e. The van der Waals surface area contributed by atoms with Crippen LogP contribution >= 0.6 is 0 Å². The summed E-state index contributed by atoms with van der Waals surface area (Å²) in [5.41, 5.74) is 4.73. The molecule has 1 N–H and O–H groups in total. The summed E-state index contributed by atoms with van der Waals surface area (Å²) < 4.78 is 1.74. The fraction of sp³-hybridized carbons (Fsp3) is 0.0870. The van der Waals surface area contributed by atoms with E-state index in [0.29, 0.717) is 17.8 Å². The van der Waals surface area contributed by atoms with Crippen molar-refractivity contribution in [2.45, 2.75) is 13.5 Å². The first-order chi connectivity index (χ1) is 13.7. The number of hydrogen-bond donors (Lipinski definition) is 1. The fourth-order valence-electron chi connectivity index (χ4n) is 3.03. The predicted molar refractivity (Wildman–Crippen MR) is 109 cm³/mol. The van der Waals surface area contributed by atoms with Gasteiger partial charge in [-0.25, -0.2) is 4.68 Å². The van der Waals surface area contributed by atoms with Crippen molar-refractivity contribution in [1.82, 2.24) is 20.1 Å². The lowest BCUT2D eigenvalue weighted by molar-refractivity contribution is 0.0951. The molecular weight excluding hydrogens is 348 g/mol. The van der Waals surface area contributed by atoms with Crippen molar-refractivity contribution >= 4 is 5.91 Å². The van der Waals surface area contributed by atoms with Crippen LogP contribution in [-0.2, 0) is 6.54 Å². The summed E-state index contributed by atoms with van der Waals surface area (Å²) in [5.74, 6) is -0.177. The van der Waals surface area contributed by atoms with E-state index < -0.39 is 0 Å².